The highest BCUT2D eigenvalue weighted by molar-refractivity contribution is 5.45. The van der Waals surface area contributed by atoms with Crippen molar-refractivity contribution in [2.75, 3.05) is 19.9 Å². The number of aliphatic hydroxyl groups excluding tert-OH is 1. The zero-order valence-corrected chi connectivity index (χ0v) is 9.74. The van der Waals surface area contributed by atoms with Gasteiger partial charge in [0.1, 0.15) is 0 Å². The fraction of sp³-hybridized carbons (Fsp3) is 0.455. The first-order valence-corrected chi connectivity index (χ1v) is 5.45. The summed E-state index contributed by atoms with van der Waals surface area (Å²) in [5.41, 5.74) is 2.56. The Hall–Kier alpha value is -1.51. The molecule has 0 amide bonds. The highest BCUT2D eigenvalue weighted by Gasteiger charge is 2.27. The van der Waals surface area contributed by atoms with Crippen LogP contribution in [0.25, 0.3) is 0 Å². The molecule has 1 aliphatic rings. The smallest absolute Gasteiger partial charge is 0.413 e. The fourth-order valence-electron chi connectivity index (χ4n) is 1.51. The van der Waals surface area contributed by atoms with Crippen molar-refractivity contribution in [3.05, 3.63) is 23.8 Å². The summed E-state index contributed by atoms with van der Waals surface area (Å²) in [6.07, 6.45) is -5.42. The second-order valence-electron chi connectivity index (χ2n) is 3.88. The summed E-state index contributed by atoms with van der Waals surface area (Å²) in [6.45, 7) is -1.47. The van der Waals surface area contributed by atoms with Crippen molar-refractivity contribution in [3.8, 4) is 11.5 Å². The molecule has 2 N–H and O–H groups in total. The number of aliphatic hydroxyl groups is 1. The molecule has 1 unspecified atom stereocenters. The van der Waals surface area contributed by atoms with Crippen LogP contribution in [0.1, 0.15) is 11.7 Å². The number of hydroxylamine groups is 1. The van der Waals surface area contributed by atoms with Crippen molar-refractivity contribution in [1.29, 1.82) is 0 Å². The molecule has 106 valence electrons. The normalized spacial score (nSPS) is 15.6. The molecule has 0 radical (unpaired) electrons. The van der Waals surface area contributed by atoms with E-state index in [2.05, 4.69) is 10.3 Å². The Morgan fingerprint density at radius 3 is 2.79 bits per heavy atom. The van der Waals surface area contributed by atoms with Gasteiger partial charge in [-0.3, -0.25) is 4.84 Å². The van der Waals surface area contributed by atoms with Gasteiger partial charge in [0.2, 0.25) is 6.79 Å². The molecule has 8 heteroatoms. The third-order valence-electron chi connectivity index (χ3n) is 2.40. The Balaban J connectivity index is 1.81. The topological polar surface area (TPSA) is 60.0 Å². The zero-order valence-electron chi connectivity index (χ0n) is 9.74. The quantitative estimate of drug-likeness (QED) is 0.632. The van der Waals surface area contributed by atoms with Gasteiger partial charge in [-0.15, -0.1) is 0 Å². The second-order valence-corrected chi connectivity index (χ2v) is 3.88. The monoisotopic (exact) mass is 279 g/mol. The van der Waals surface area contributed by atoms with Gasteiger partial charge in [-0.1, -0.05) is 6.07 Å². The van der Waals surface area contributed by atoms with E-state index in [0.717, 1.165) is 0 Å². The van der Waals surface area contributed by atoms with Gasteiger partial charge in [-0.25, -0.2) is 0 Å². The van der Waals surface area contributed by atoms with Gasteiger partial charge in [-0.05, 0) is 17.7 Å². The lowest BCUT2D eigenvalue weighted by Gasteiger charge is -2.13. The van der Waals surface area contributed by atoms with Crippen LogP contribution in [0.5, 0.6) is 11.5 Å². The number of ether oxygens (including phenoxy) is 2. The van der Waals surface area contributed by atoms with Crippen LogP contribution in [0.15, 0.2) is 18.2 Å². The summed E-state index contributed by atoms with van der Waals surface area (Å²) < 4.78 is 45.6. The summed E-state index contributed by atoms with van der Waals surface area (Å²) in [7, 11) is 0. The van der Waals surface area contributed by atoms with Crippen LogP contribution in [0.2, 0.25) is 0 Å². The van der Waals surface area contributed by atoms with E-state index in [1.54, 1.807) is 18.2 Å². The predicted octanol–water partition coefficient (Wildman–Crippen LogP) is 1.53. The lowest BCUT2D eigenvalue weighted by atomic mass is 10.1. The molecule has 1 heterocycles. The molecule has 1 atom stereocenters. The molecule has 0 fully saturated rings. The summed E-state index contributed by atoms with van der Waals surface area (Å²) in [6, 6.07) is 4.79. The van der Waals surface area contributed by atoms with E-state index in [4.69, 9.17) is 9.47 Å². The maximum atomic E-state index is 11.8. The average Bonchev–Trinajstić information content (AvgIpc) is 2.80. The van der Waals surface area contributed by atoms with Crippen LogP contribution in [-0.4, -0.2) is 31.2 Å². The van der Waals surface area contributed by atoms with Crippen LogP contribution < -0.4 is 15.0 Å². The van der Waals surface area contributed by atoms with Crippen molar-refractivity contribution in [2.24, 2.45) is 0 Å². The number of halogens is 3. The van der Waals surface area contributed by atoms with Crippen molar-refractivity contribution in [3.63, 3.8) is 0 Å². The molecule has 0 aliphatic carbocycles. The van der Waals surface area contributed by atoms with Crippen LogP contribution in [0.4, 0.5) is 13.2 Å². The lowest BCUT2D eigenvalue weighted by Crippen LogP contribution is -2.28. The van der Waals surface area contributed by atoms with Crippen LogP contribution in [0.3, 0.4) is 0 Å². The van der Waals surface area contributed by atoms with Gasteiger partial charge in [0.25, 0.3) is 0 Å². The van der Waals surface area contributed by atoms with Gasteiger partial charge in [0, 0.05) is 0 Å². The molecular formula is C11H12F3NO4. The molecular weight excluding hydrogens is 267 g/mol. The minimum Gasteiger partial charge on any atom is -0.454 e. The van der Waals surface area contributed by atoms with Crippen LogP contribution in [-0.2, 0) is 4.84 Å². The second kappa shape index (κ2) is 5.64. The number of hydrogen-bond acceptors (Lipinski definition) is 5. The zero-order chi connectivity index (χ0) is 13.9. The first kappa shape index (κ1) is 13.9. The number of alkyl halides is 3. The number of fused-ring (bicyclic) bond motifs is 1. The van der Waals surface area contributed by atoms with Crippen molar-refractivity contribution >= 4 is 0 Å². The molecule has 0 spiro atoms. The van der Waals surface area contributed by atoms with Gasteiger partial charge in [0.15, 0.2) is 18.1 Å². The van der Waals surface area contributed by atoms with E-state index in [9.17, 15) is 18.3 Å². The molecule has 1 aromatic rings. The highest BCUT2D eigenvalue weighted by atomic mass is 19.4. The van der Waals surface area contributed by atoms with E-state index in [-0.39, 0.29) is 13.3 Å². The molecule has 0 saturated carbocycles. The van der Waals surface area contributed by atoms with Crippen molar-refractivity contribution < 1.29 is 32.6 Å². The SMILES string of the molecule is OC(CNOCC(F)(F)F)c1ccc2c(c1)OCO2. The predicted molar refractivity (Wildman–Crippen MR) is 57.5 cm³/mol. The molecule has 2 rings (SSSR count). The minimum atomic E-state index is -4.41. The first-order chi connectivity index (χ1) is 8.96. The number of nitrogens with one attached hydrogen (secondary N) is 1. The maximum Gasteiger partial charge on any atom is 0.413 e. The fourth-order valence-corrected chi connectivity index (χ4v) is 1.51. The first-order valence-electron chi connectivity index (χ1n) is 5.45. The Bertz CT molecular complexity index is 438. The van der Waals surface area contributed by atoms with Gasteiger partial charge in [-0.2, -0.15) is 18.7 Å². The van der Waals surface area contributed by atoms with Gasteiger partial charge >= 0.3 is 6.18 Å². The van der Waals surface area contributed by atoms with Crippen molar-refractivity contribution in [2.45, 2.75) is 12.3 Å². The molecule has 1 aliphatic heterocycles. The Kier molecular flexibility index (Phi) is 4.13. The van der Waals surface area contributed by atoms with Gasteiger partial charge in [0.05, 0.1) is 12.6 Å². The molecule has 5 nitrogen and oxygen atoms in total. The summed E-state index contributed by atoms with van der Waals surface area (Å²) in [5.74, 6) is 1.06. The molecule has 1 aromatic carbocycles. The summed E-state index contributed by atoms with van der Waals surface area (Å²) in [4.78, 5) is 4.19. The third kappa shape index (κ3) is 3.98. The third-order valence-corrected chi connectivity index (χ3v) is 2.40. The molecule has 0 aromatic heterocycles. The van der Waals surface area contributed by atoms with Crippen molar-refractivity contribution in [1.82, 2.24) is 5.48 Å². The number of hydrogen-bond donors (Lipinski definition) is 2. The van der Waals surface area contributed by atoms with Crippen LogP contribution >= 0.6 is 0 Å². The standard InChI is InChI=1S/C11H12F3NO4/c12-11(13,14)5-19-15-4-8(16)7-1-2-9-10(3-7)18-6-17-9/h1-3,8,15-16H,4-6H2. The van der Waals surface area contributed by atoms with E-state index in [1.807, 2.05) is 0 Å². The Morgan fingerprint density at radius 1 is 1.32 bits per heavy atom. The summed E-state index contributed by atoms with van der Waals surface area (Å²) in [5, 5.41) is 9.76. The number of benzene rings is 1. The van der Waals surface area contributed by atoms with E-state index in [0.29, 0.717) is 17.1 Å². The molecule has 0 saturated heterocycles. The molecule has 0 bridgehead atoms. The summed E-state index contributed by atoms with van der Waals surface area (Å²) >= 11 is 0. The highest BCUT2D eigenvalue weighted by Crippen LogP contribution is 2.34. The largest absolute Gasteiger partial charge is 0.454 e. The van der Waals surface area contributed by atoms with E-state index in [1.165, 1.54) is 0 Å². The minimum absolute atomic E-state index is 0.113. The van der Waals surface area contributed by atoms with E-state index >= 15 is 0 Å². The Morgan fingerprint density at radius 2 is 2.05 bits per heavy atom. The maximum absolute atomic E-state index is 11.8. The average molecular weight is 279 g/mol. The number of rotatable bonds is 5. The molecule has 19 heavy (non-hydrogen) atoms. The van der Waals surface area contributed by atoms with E-state index < -0.39 is 18.9 Å². The lowest BCUT2D eigenvalue weighted by molar-refractivity contribution is -0.191. The Labute approximate surface area is 106 Å². The van der Waals surface area contributed by atoms with Gasteiger partial charge < -0.3 is 14.6 Å². The van der Waals surface area contributed by atoms with Crippen LogP contribution in [0, 0.1) is 0 Å².